The standard InChI is InChI=1S/C54H107N5O4.CH2O2/c1-6-10-14-18-22-28-34-40-55(39-33-27-21-17-13-9-4)44-45-57(43-37-31-25-26-32-38-54(62)63-5)51-53(61)59-48-46-58(47-49-59)52(60)50-56(41-35-29-23-19-15-11-7-2)42-36-30-24-20-16-12-8-3;2-1-3/h6-51H2,1-5H3;1H,(H,2,3). The molecule has 66 heavy (non-hydrogen) atoms. The Labute approximate surface area is 408 Å². The Morgan fingerprint density at radius 1 is 0.409 bits per heavy atom. The third kappa shape index (κ3) is 39.7. The first-order valence-electron chi connectivity index (χ1n) is 28.2. The minimum absolute atomic E-state index is 0.119. The van der Waals surface area contributed by atoms with Gasteiger partial charge in [0, 0.05) is 45.7 Å². The van der Waals surface area contributed by atoms with E-state index in [1.54, 1.807) is 0 Å². The van der Waals surface area contributed by atoms with Crippen molar-refractivity contribution in [2.24, 2.45) is 0 Å². The molecular formula is C55H109N5O6. The number of carbonyl (C=O) groups is 4. The number of rotatable bonds is 46. The predicted octanol–water partition coefficient (Wildman–Crippen LogP) is 12.4. The summed E-state index contributed by atoms with van der Waals surface area (Å²) < 4.78 is 4.82. The Balaban J connectivity index is 0.0000137. The van der Waals surface area contributed by atoms with Gasteiger partial charge in [0.25, 0.3) is 6.47 Å². The molecule has 1 fully saturated rings. The van der Waals surface area contributed by atoms with Crippen LogP contribution < -0.4 is 0 Å². The average Bonchev–Trinajstić information content (AvgIpc) is 3.32. The smallest absolute Gasteiger partial charge is 0.305 e. The van der Waals surface area contributed by atoms with Crippen molar-refractivity contribution in [3.8, 4) is 0 Å². The van der Waals surface area contributed by atoms with Crippen molar-refractivity contribution in [3.63, 3.8) is 0 Å². The monoisotopic (exact) mass is 936 g/mol. The summed E-state index contributed by atoms with van der Waals surface area (Å²) in [6.07, 6.45) is 41.1. The van der Waals surface area contributed by atoms with E-state index < -0.39 is 0 Å². The number of methoxy groups -OCH3 is 1. The van der Waals surface area contributed by atoms with Gasteiger partial charge in [-0.05, 0) is 71.2 Å². The lowest BCUT2D eigenvalue weighted by Crippen LogP contribution is -2.54. The minimum Gasteiger partial charge on any atom is -0.483 e. The molecule has 0 radical (unpaired) electrons. The highest BCUT2D eigenvalue weighted by molar-refractivity contribution is 5.80. The minimum atomic E-state index is -0.250. The molecule has 0 unspecified atom stereocenters. The van der Waals surface area contributed by atoms with E-state index in [9.17, 15) is 14.4 Å². The van der Waals surface area contributed by atoms with Gasteiger partial charge in [0.1, 0.15) is 0 Å². The maximum Gasteiger partial charge on any atom is 0.305 e. The first kappa shape index (κ1) is 63.8. The number of piperazine rings is 1. The van der Waals surface area contributed by atoms with Gasteiger partial charge in [-0.3, -0.25) is 29.0 Å². The fraction of sp³-hybridized carbons (Fsp3) is 0.927. The Kier molecular flexibility index (Phi) is 47.5. The van der Waals surface area contributed by atoms with E-state index >= 15 is 0 Å². The molecule has 1 saturated heterocycles. The maximum atomic E-state index is 14.0. The van der Waals surface area contributed by atoms with Gasteiger partial charge in [-0.25, -0.2) is 0 Å². The summed E-state index contributed by atoms with van der Waals surface area (Å²) in [5.41, 5.74) is 0. The first-order chi connectivity index (χ1) is 32.3. The number of hydrogen-bond donors (Lipinski definition) is 1. The average molecular weight is 937 g/mol. The molecule has 0 saturated carbocycles. The van der Waals surface area contributed by atoms with Gasteiger partial charge in [-0.1, -0.05) is 195 Å². The molecule has 11 heteroatoms. The molecule has 1 heterocycles. The highest BCUT2D eigenvalue weighted by Crippen LogP contribution is 2.14. The van der Waals surface area contributed by atoms with E-state index in [2.05, 4.69) is 42.4 Å². The van der Waals surface area contributed by atoms with Gasteiger partial charge in [-0.15, -0.1) is 0 Å². The number of nitrogens with zero attached hydrogens (tertiary/aromatic N) is 5. The maximum absolute atomic E-state index is 14.0. The van der Waals surface area contributed by atoms with Crippen LogP contribution in [0.3, 0.4) is 0 Å². The summed E-state index contributed by atoms with van der Waals surface area (Å²) in [6, 6.07) is 0. The molecular weight excluding hydrogens is 827 g/mol. The molecule has 2 amide bonds. The van der Waals surface area contributed by atoms with Crippen molar-refractivity contribution in [2.45, 2.75) is 240 Å². The zero-order chi connectivity index (χ0) is 48.6. The quantitative estimate of drug-likeness (QED) is 0.0362. The van der Waals surface area contributed by atoms with Crippen molar-refractivity contribution in [3.05, 3.63) is 0 Å². The second-order valence-electron chi connectivity index (χ2n) is 19.5. The molecule has 0 spiro atoms. The first-order valence-corrected chi connectivity index (χ1v) is 28.2. The number of carbonyl (C=O) groups excluding carboxylic acids is 3. The van der Waals surface area contributed by atoms with Gasteiger partial charge in [0.15, 0.2) is 0 Å². The molecule has 1 aliphatic heterocycles. The fourth-order valence-electron chi connectivity index (χ4n) is 9.18. The summed E-state index contributed by atoms with van der Waals surface area (Å²) in [6.45, 7) is 19.7. The fourth-order valence-corrected chi connectivity index (χ4v) is 9.18. The van der Waals surface area contributed by atoms with Crippen molar-refractivity contribution in [2.75, 3.05) is 92.2 Å². The van der Waals surface area contributed by atoms with Crippen LogP contribution in [0.15, 0.2) is 0 Å². The Bertz CT molecular complexity index is 1070. The number of hydrogen-bond acceptors (Lipinski definition) is 8. The lowest BCUT2D eigenvalue weighted by atomic mass is 10.1. The van der Waals surface area contributed by atoms with Crippen molar-refractivity contribution in [1.29, 1.82) is 0 Å². The molecule has 0 aromatic heterocycles. The van der Waals surface area contributed by atoms with Crippen LogP contribution in [-0.4, -0.2) is 146 Å². The van der Waals surface area contributed by atoms with Crippen LogP contribution in [0.4, 0.5) is 0 Å². The van der Waals surface area contributed by atoms with Gasteiger partial charge in [0.2, 0.25) is 11.8 Å². The van der Waals surface area contributed by atoms with E-state index in [4.69, 9.17) is 14.6 Å². The molecule has 0 aliphatic carbocycles. The zero-order valence-corrected chi connectivity index (χ0v) is 44.3. The van der Waals surface area contributed by atoms with Crippen LogP contribution in [0.5, 0.6) is 0 Å². The largest absolute Gasteiger partial charge is 0.483 e. The second-order valence-corrected chi connectivity index (χ2v) is 19.5. The molecule has 1 rings (SSSR count). The SMILES string of the molecule is CCCCCCCCCN(CCCCCCCC)CCN(CCCCCCCC(=O)OC)CC(=O)N1CCN(C(=O)CN(CCCCCCCCC)CCCCCCCCC)CC1.O=CO. The predicted molar refractivity (Wildman–Crippen MR) is 278 cm³/mol. The molecule has 0 aromatic rings. The third-order valence-electron chi connectivity index (χ3n) is 13.6. The van der Waals surface area contributed by atoms with Gasteiger partial charge < -0.3 is 24.5 Å². The zero-order valence-electron chi connectivity index (χ0n) is 44.3. The number of carboxylic acid groups (broad SMARTS) is 1. The van der Waals surface area contributed by atoms with Crippen LogP contribution in [0, 0.1) is 0 Å². The normalized spacial score (nSPS) is 12.8. The molecule has 0 bridgehead atoms. The van der Waals surface area contributed by atoms with E-state index in [1.807, 2.05) is 9.80 Å². The van der Waals surface area contributed by atoms with Gasteiger partial charge in [0.05, 0.1) is 20.2 Å². The lowest BCUT2D eigenvalue weighted by Gasteiger charge is -2.37. The Morgan fingerprint density at radius 2 is 0.652 bits per heavy atom. The molecule has 1 aliphatic rings. The number of esters is 1. The van der Waals surface area contributed by atoms with Crippen LogP contribution in [-0.2, 0) is 23.9 Å². The topological polar surface area (TPSA) is 114 Å². The van der Waals surface area contributed by atoms with E-state index in [0.717, 1.165) is 77.9 Å². The van der Waals surface area contributed by atoms with Crippen LogP contribution in [0.25, 0.3) is 0 Å². The van der Waals surface area contributed by atoms with Crippen LogP contribution in [0.2, 0.25) is 0 Å². The second kappa shape index (κ2) is 49.2. The van der Waals surface area contributed by atoms with E-state index in [0.29, 0.717) is 45.7 Å². The number of ether oxygens (including phenoxy) is 1. The van der Waals surface area contributed by atoms with E-state index in [-0.39, 0.29) is 24.3 Å². The summed E-state index contributed by atoms with van der Waals surface area (Å²) in [7, 11) is 1.46. The Morgan fingerprint density at radius 3 is 0.955 bits per heavy atom. The van der Waals surface area contributed by atoms with Gasteiger partial charge >= 0.3 is 5.97 Å². The van der Waals surface area contributed by atoms with Crippen molar-refractivity contribution < 1.29 is 29.0 Å². The van der Waals surface area contributed by atoms with Crippen molar-refractivity contribution in [1.82, 2.24) is 24.5 Å². The molecule has 390 valence electrons. The molecule has 1 N–H and O–H groups in total. The van der Waals surface area contributed by atoms with Crippen LogP contribution >= 0.6 is 0 Å². The summed E-state index contributed by atoms with van der Waals surface area (Å²) >= 11 is 0. The van der Waals surface area contributed by atoms with E-state index in [1.165, 1.54) is 180 Å². The number of unbranched alkanes of at least 4 members (excludes halogenated alkanes) is 27. The van der Waals surface area contributed by atoms with Crippen molar-refractivity contribution >= 4 is 24.3 Å². The summed E-state index contributed by atoms with van der Waals surface area (Å²) in [5, 5.41) is 6.89. The highest BCUT2D eigenvalue weighted by atomic mass is 16.5. The Hall–Kier alpha value is -2.24. The highest BCUT2D eigenvalue weighted by Gasteiger charge is 2.26. The van der Waals surface area contributed by atoms with Crippen LogP contribution in [0.1, 0.15) is 240 Å². The molecule has 0 aromatic carbocycles. The molecule has 11 nitrogen and oxygen atoms in total. The summed E-state index contributed by atoms with van der Waals surface area (Å²) in [4.78, 5) is 59.3. The molecule has 0 atom stereocenters. The number of amides is 2. The third-order valence-corrected chi connectivity index (χ3v) is 13.6. The summed E-state index contributed by atoms with van der Waals surface area (Å²) in [5.74, 6) is 0.341. The van der Waals surface area contributed by atoms with Gasteiger partial charge in [-0.2, -0.15) is 0 Å². The lowest BCUT2D eigenvalue weighted by molar-refractivity contribution is -0.140.